The second-order valence-corrected chi connectivity index (χ2v) is 23.0. The van der Waals surface area contributed by atoms with Crippen molar-refractivity contribution in [1.29, 1.82) is 0 Å². The van der Waals surface area contributed by atoms with Crippen LogP contribution in [0, 0.1) is 27.7 Å². The number of hydrogen-bond donors (Lipinski definition) is 1. The Labute approximate surface area is 481 Å². The van der Waals surface area contributed by atoms with E-state index in [-0.39, 0.29) is 56.7 Å². The number of Topliss-reactive ketones (excluding diaryl/α,β-unsaturated/α-hetero) is 1. The Morgan fingerprint density at radius 2 is 1.01 bits per heavy atom. The topological polar surface area (TPSA) is 242 Å². The third kappa shape index (κ3) is 18.7. The summed E-state index contributed by atoms with van der Waals surface area (Å²) in [5.41, 5.74) is 10.2. The molecule has 2 aliphatic rings. The lowest BCUT2D eigenvalue weighted by atomic mass is 10.1. The van der Waals surface area contributed by atoms with Crippen molar-refractivity contribution in [2.75, 3.05) is 53.7 Å². The zero-order chi connectivity index (χ0) is 57.0. The average Bonchev–Trinajstić information content (AvgIpc) is 3.57. The number of aryl methyl sites for hydroxylation is 5. The van der Waals surface area contributed by atoms with Gasteiger partial charge in [-0.15, -0.1) is 12.4 Å². The van der Waals surface area contributed by atoms with Crippen molar-refractivity contribution in [2.45, 2.75) is 107 Å². The monoisotopic (exact) mass is 1180 g/mol. The Morgan fingerprint density at radius 3 is 1.39 bits per heavy atom. The molecule has 0 amide bonds. The van der Waals surface area contributed by atoms with E-state index in [0.29, 0.717) is 106 Å². The normalized spacial score (nSPS) is 15.7. The number of methoxy groups -OCH3 is 2. The summed E-state index contributed by atoms with van der Waals surface area (Å²) < 4.78 is 89.6. The van der Waals surface area contributed by atoms with Crippen LogP contribution >= 0.6 is 24.0 Å². The van der Waals surface area contributed by atoms with Gasteiger partial charge in [-0.3, -0.25) is 19.6 Å². The number of carbonyl (C=O) groups excluding carboxylic acids is 2. The molecule has 2 saturated heterocycles. The van der Waals surface area contributed by atoms with E-state index in [0.717, 1.165) is 42.6 Å². The Balaban J connectivity index is 0.000000244. The fourth-order valence-electron chi connectivity index (χ4n) is 9.29. The zero-order valence-corrected chi connectivity index (χ0v) is 49.1. The summed E-state index contributed by atoms with van der Waals surface area (Å²) in [5.74, 6) is 3.50. The minimum absolute atomic E-state index is 0. The number of ether oxygens (including phenoxy) is 6. The predicted octanol–water partition coefficient (Wildman–Crippen LogP) is 9.44. The van der Waals surface area contributed by atoms with Crippen LogP contribution in [0.4, 0.5) is 0 Å². The first kappa shape index (κ1) is 64.7. The molecule has 2 aromatic heterocycles. The standard InChI is InChI=1S/C29H35N3O6S.C17H24ClNO5S.C11H11N3O.ClH/c1-21-16-27(36-3)17-22(2)29(21)39(34,35)32-15-5-4-6-24(32)19-37-20-25(33)10-7-23-8-11-26(12-9-23)38-28-18-30-13-14-31-28;1-12-8-15(23-3)9-13(2)17(12)25(21,22)19-7-5-4-6-14(19)10-24-11-16(18)20;12-7-9-1-3-10(4-2-9)15-11-8-13-5-6-14-11;/h8-9,11-14,16-18,24H,4-7,10,15,19-20H2,1-3H3;8-9,14H,4-7,10-11H2,1-3H3;1-6,8H,7,12H2;1H. The number of sulfonamides is 2. The number of piperidine rings is 2. The zero-order valence-electron chi connectivity index (χ0n) is 45.9. The van der Waals surface area contributed by atoms with E-state index in [1.165, 1.54) is 10.5 Å². The van der Waals surface area contributed by atoms with Crippen LogP contribution in [0.15, 0.2) is 120 Å². The minimum Gasteiger partial charge on any atom is -0.497 e. The van der Waals surface area contributed by atoms with Gasteiger partial charge in [-0.25, -0.2) is 26.8 Å². The average molecular weight is 1180 g/mol. The van der Waals surface area contributed by atoms with Crippen LogP contribution in [-0.2, 0) is 52.1 Å². The number of nitrogens with two attached hydrogens (primary N) is 1. The number of benzene rings is 4. The van der Waals surface area contributed by atoms with Gasteiger partial charge in [-0.2, -0.15) is 8.61 Å². The molecule has 0 radical (unpaired) electrons. The molecule has 4 heterocycles. The van der Waals surface area contributed by atoms with Gasteiger partial charge in [0.05, 0.1) is 49.6 Å². The summed E-state index contributed by atoms with van der Waals surface area (Å²) in [6, 6.07) is 21.4. The minimum atomic E-state index is -3.72. The lowest BCUT2D eigenvalue weighted by Gasteiger charge is -2.35. The van der Waals surface area contributed by atoms with Gasteiger partial charge in [0.1, 0.15) is 36.2 Å². The molecule has 432 valence electrons. The quantitative estimate of drug-likeness (QED) is 0.0622. The molecular formula is C57H71Cl2N7O12S2. The lowest BCUT2D eigenvalue weighted by molar-refractivity contribution is -0.124. The van der Waals surface area contributed by atoms with Crippen LogP contribution in [-0.4, -0.2) is 122 Å². The third-order valence-corrected chi connectivity index (χ3v) is 17.6. The molecule has 2 N–H and O–H groups in total. The molecule has 23 heteroatoms. The summed E-state index contributed by atoms with van der Waals surface area (Å²) in [5, 5.41) is -0.591. The van der Waals surface area contributed by atoms with Gasteiger partial charge in [0, 0.05) is 62.9 Å². The molecule has 0 aliphatic carbocycles. The van der Waals surface area contributed by atoms with Crippen molar-refractivity contribution >= 4 is 55.1 Å². The summed E-state index contributed by atoms with van der Waals surface area (Å²) in [4.78, 5) is 39.9. The number of aromatic nitrogens is 4. The third-order valence-electron chi connectivity index (χ3n) is 13.0. The molecule has 2 fully saturated rings. The number of ketones is 1. The van der Waals surface area contributed by atoms with Crippen molar-refractivity contribution in [3.8, 4) is 34.8 Å². The molecule has 0 bridgehead atoms. The van der Waals surface area contributed by atoms with Gasteiger partial charge in [-0.1, -0.05) is 37.1 Å². The van der Waals surface area contributed by atoms with Crippen molar-refractivity contribution in [3.05, 3.63) is 143 Å². The summed E-state index contributed by atoms with van der Waals surface area (Å²) >= 11 is 5.28. The van der Waals surface area contributed by atoms with E-state index < -0.39 is 25.3 Å². The Morgan fingerprint density at radius 1 is 0.600 bits per heavy atom. The fourth-order valence-corrected chi connectivity index (χ4v) is 13.6. The lowest BCUT2D eigenvalue weighted by Crippen LogP contribution is -2.46. The van der Waals surface area contributed by atoms with Gasteiger partial charge < -0.3 is 34.2 Å². The fraction of sp³-hybridized carbons (Fsp3) is 0.404. The first-order valence-corrected chi connectivity index (χ1v) is 29.1. The van der Waals surface area contributed by atoms with Crippen LogP contribution in [0.25, 0.3) is 0 Å². The number of nitrogens with zero attached hydrogens (tertiary/aromatic N) is 6. The van der Waals surface area contributed by atoms with Crippen molar-refractivity contribution in [2.24, 2.45) is 5.73 Å². The van der Waals surface area contributed by atoms with Crippen molar-refractivity contribution in [3.63, 3.8) is 0 Å². The van der Waals surface area contributed by atoms with Gasteiger partial charge in [0.25, 0.3) is 0 Å². The first-order valence-electron chi connectivity index (χ1n) is 25.9. The highest BCUT2D eigenvalue weighted by atomic mass is 35.5. The van der Waals surface area contributed by atoms with Crippen molar-refractivity contribution in [1.82, 2.24) is 28.5 Å². The molecule has 80 heavy (non-hydrogen) atoms. The highest BCUT2D eigenvalue weighted by Crippen LogP contribution is 2.34. The Bertz CT molecular complexity index is 3100. The maximum atomic E-state index is 13.7. The molecule has 2 unspecified atom stereocenters. The molecule has 0 saturated carbocycles. The van der Waals surface area contributed by atoms with Crippen molar-refractivity contribution < 1.29 is 54.8 Å². The van der Waals surface area contributed by atoms with Crippen LogP contribution in [0.2, 0.25) is 0 Å². The maximum absolute atomic E-state index is 13.7. The number of rotatable bonds is 22. The smallest absolute Gasteiger partial charge is 0.247 e. The predicted molar refractivity (Wildman–Crippen MR) is 306 cm³/mol. The molecule has 2 aliphatic heterocycles. The van der Waals surface area contributed by atoms with Gasteiger partial charge in [0.15, 0.2) is 5.78 Å². The summed E-state index contributed by atoms with van der Waals surface area (Å²) in [7, 11) is -4.27. The van der Waals surface area contributed by atoms with E-state index in [1.54, 1.807) is 101 Å². The molecule has 4 aromatic carbocycles. The SMILES string of the molecule is COc1cc(C)c(S(=O)(=O)N2CCCCC2COCC(=O)CCc2ccc(Oc3cnccn3)cc2)c(C)c1.COc1cc(C)c(S(=O)(=O)N2CCCCC2COCC(=O)Cl)c(C)c1.Cl.NCc1ccc(Oc2cnccn2)cc1. The van der Waals surface area contributed by atoms with Gasteiger partial charge in [-0.05, 0) is 153 Å². The largest absolute Gasteiger partial charge is 0.497 e. The van der Waals surface area contributed by atoms with E-state index in [1.807, 2.05) is 48.5 Å². The highest BCUT2D eigenvalue weighted by Gasteiger charge is 2.37. The van der Waals surface area contributed by atoms with Crippen LogP contribution in [0.5, 0.6) is 34.8 Å². The molecule has 2 atom stereocenters. The first-order chi connectivity index (χ1) is 37.9. The number of carbonyl (C=O) groups is 2. The van der Waals surface area contributed by atoms with E-state index in [9.17, 15) is 26.4 Å². The Hall–Kier alpha value is -6.14. The van der Waals surface area contributed by atoms with E-state index in [2.05, 4.69) is 19.9 Å². The highest BCUT2D eigenvalue weighted by molar-refractivity contribution is 7.89. The van der Waals surface area contributed by atoms with E-state index >= 15 is 0 Å². The second-order valence-electron chi connectivity index (χ2n) is 18.9. The second kappa shape index (κ2) is 31.7. The molecule has 19 nitrogen and oxygen atoms in total. The number of hydrogen-bond acceptors (Lipinski definition) is 17. The maximum Gasteiger partial charge on any atom is 0.247 e. The molecular weight excluding hydrogens is 1110 g/mol. The summed E-state index contributed by atoms with van der Waals surface area (Å²) in [6.45, 7) is 8.61. The molecule has 0 spiro atoms. The van der Waals surface area contributed by atoms with Crippen LogP contribution < -0.4 is 24.7 Å². The number of halogens is 2. The molecule has 6 aromatic rings. The van der Waals surface area contributed by atoms with Crippen LogP contribution in [0.3, 0.4) is 0 Å². The molecule has 8 rings (SSSR count). The Kier molecular flexibility index (Phi) is 25.7. The van der Waals surface area contributed by atoms with E-state index in [4.69, 9.17) is 45.8 Å². The van der Waals surface area contributed by atoms with Gasteiger partial charge in [0.2, 0.25) is 37.0 Å². The van der Waals surface area contributed by atoms with Gasteiger partial charge >= 0.3 is 0 Å². The summed E-state index contributed by atoms with van der Waals surface area (Å²) in [6.07, 6.45) is 15.2. The van der Waals surface area contributed by atoms with Crippen LogP contribution in [0.1, 0.15) is 78.3 Å².